The number of nitrogens with one attached hydrogen (secondary N) is 1. The van der Waals surface area contributed by atoms with Gasteiger partial charge >= 0.3 is 6.03 Å². The van der Waals surface area contributed by atoms with Crippen LogP contribution in [0.1, 0.15) is 25.7 Å². The number of urea groups is 1. The van der Waals surface area contributed by atoms with Crippen molar-refractivity contribution in [3.05, 3.63) is 11.3 Å². The molecular weight excluding hydrogens is 253 g/mol. The van der Waals surface area contributed by atoms with Crippen molar-refractivity contribution in [1.29, 1.82) is 0 Å². The van der Waals surface area contributed by atoms with Gasteiger partial charge < -0.3 is 11.1 Å². The average molecular weight is 269 g/mol. The molecule has 2 aliphatic rings. The molecule has 0 saturated carbocycles. The maximum Gasteiger partial charge on any atom is 0.328 e. The van der Waals surface area contributed by atoms with E-state index in [1.807, 2.05) is 0 Å². The van der Waals surface area contributed by atoms with Crippen molar-refractivity contribution in [1.82, 2.24) is 10.2 Å². The summed E-state index contributed by atoms with van der Waals surface area (Å²) < 4.78 is 12.4. The van der Waals surface area contributed by atoms with E-state index in [2.05, 4.69) is 5.32 Å². The van der Waals surface area contributed by atoms with E-state index in [0.29, 0.717) is 24.1 Å². The predicted octanol–water partition coefficient (Wildman–Crippen LogP) is 0.437. The molecule has 1 atom stereocenters. The molecule has 1 heterocycles. The highest BCUT2D eigenvalue weighted by Gasteiger charge is 2.35. The zero-order valence-corrected chi connectivity index (χ0v) is 10.4. The highest BCUT2D eigenvalue weighted by atomic mass is 19.1. The van der Waals surface area contributed by atoms with Gasteiger partial charge in [-0.2, -0.15) is 0 Å². The summed E-state index contributed by atoms with van der Waals surface area (Å²) in [5.74, 6) is -1.20. The fourth-order valence-electron chi connectivity index (χ4n) is 2.62. The van der Waals surface area contributed by atoms with Crippen LogP contribution < -0.4 is 11.1 Å². The minimum Gasteiger partial charge on any atom is -0.366 e. The summed E-state index contributed by atoms with van der Waals surface area (Å²) in [5, 5.41) is 2.56. The van der Waals surface area contributed by atoms with Gasteiger partial charge in [-0.05, 0) is 19.3 Å². The Morgan fingerprint density at radius 1 is 1.47 bits per heavy atom. The van der Waals surface area contributed by atoms with E-state index in [1.54, 1.807) is 0 Å². The second kappa shape index (κ2) is 5.38. The van der Waals surface area contributed by atoms with Gasteiger partial charge in [-0.15, -0.1) is 0 Å². The maximum absolute atomic E-state index is 12.4. The summed E-state index contributed by atoms with van der Waals surface area (Å²) >= 11 is 0. The fourth-order valence-corrected chi connectivity index (χ4v) is 2.62. The highest BCUT2D eigenvalue weighted by molar-refractivity contribution is 5.99. The van der Waals surface area contributed by atoms with E-state index in [9.17, 15) is 18.8 Å². The number of primary amides is 1. The van der Waals surface area contributed by atoms with Gasteiger partial charge in [0.15, 0.2) is 0 Å². The first-order valence-corrected chi connectivity index (χ1v) is 6.24. The van der Waals surface area contributed by atoms with Crippen molar-refractivity contribution in [2.24, 2.45) is 11.7 Å². The van der Waals surface area contributed by atoms with E-state index in [-0.39, 0.29) is 18.9 Å². The molecule has 4 amide bonds. The Morgan fingerprint density at radius 2 is 2.21 bits per heavy atom. The van der Waals surface area contributed by atoms with E-state index < -0.39 is 24.5 Å². The van der Waals surface area contributed by atoms with Crippen LogP contribution in [0.25, 0.3) is 0 Å². The minimum atomic E-state index is -0.786. The summed E-state index contributed by atoms with van der Waals surface area (Å²) in [6, 6.07) is -0.680. The summed E-state index contributed by atoms with van der Waals surface area (Å²) in [4.78, 5) is 36.0. The Morgan fingerprint density at radius 3 is 2.84 bits per heavy atom. The van der Waals surface area contributed by atoms with Crippen LogP contribution >= 0.6 is 0 Å². The molecule has 1 fully saturated rings. The third-order valence-corrected chi connectivity index (χ3v) is 3.53. The average Bonchev–Trinajstić information content (AvgIpc) is 2.47. The van der Waals surface area contributed by atoms with Crippen LogP contribution in [0.2, 0.25) is 0 Å². The molecule has 2 rings (SSSR count). The number of carbonyl (C=O) groups excluding carboxylic acids is 3. The molecule has 7 heteroatoms. The first kappa shape index (κ1) is 13.5. The van der Waals surface area contributed by atoms with Crippen molar-refractivity contribution in [3.8, 4) is 0 Å². The van der Waals surface area contributed by atoms with E-state index in [1.165, 1.54) is 0 Å². The van der Waals surface area contributed by atoms with Crippen molar-refractivity contribution in [2.45, 2.75) is 25.7 Å². The topological polar surface area (TPSA) is 92.5 Å². The molecule has 0 aromatic rings. The number of allylic oxidation sites excluding steroid dienone is 1. The lowest BCUT2D eigenvalue weighted by molar-refractivity contribution is -0.128. The quantitative estimate of drug-likeness (QED) is 0.778. The van der Waals surface area contributed by atoms with Gasteiger partial charge in [0.1, 0.15) is 6.67 Å². The lowest BCUT2D eigenvalue weighted by atomic mass is 9.84. The van der Waals surface area contributed by atoms with Gasteiger partial charge in [-0.3, -0.25) is 14.5 Å². The maximum atomic E-state index is 12.4. The molecule has 0 spiro atoms. The van der Waals surface area contributed by atoms with Crippen LogP contribution in [0, 0.1) is 5.92 Å². The molecule has 19 heavy (non-hydrogen) atoms. The summed E-state index contributed by atoms with van der Waals surface area (Å²) in [6.45, 7) is -1.05. The Labute approximate surface area is 109 Å². The van der Waals surface area contributed by atoms with Gasteiger partial charge in [0.25, 0.3) is 0 Å². The molecule has 0 aromatic heterocycles. The molecule has 1 unspecified atom stereocenters. The molecule has 0 aromatic carbocycles. The van der Waals surface area contributed by atoms with E-state index in [4.69, 9.17) is 5.73 Å². The number of alkyl halides is 1. The number of carbonyl (C=O) groups is 3. The number of nitrogens with zero attached hydrogens (tertiary/aromatic N) is 1. The largest absolute Gasteiger partial charge is 0.366 e. The van der Waals surface area contributed by atoms with Gasteiger partial charge in [0.2, 0.25) is 11.8 Å². The molecule has 104 valence electrons. The Bertz CT molecular complexity index is 461. The smallest absolute Gasteiger partial charge is 0.328 e. The van der Waals surface area contributed by atoms with Crippen LogP contribution in [0.3, 0.4) is 0 Å². The Kier molecular flexibility index (Phi) is 3.82. The molecule has 3 N–H and O–H groups in total. The van der Waals surface area contributed by atoms with Crippen LogP contribution in [0.15, 0.2) is 11.3 Å². The number of imide groups is 1. The minimum absolute atomic E-state index is 0.102. The second-order valence-electron chi connectivity index (χ2n) is 4.71. The number of hydrogen-bond donors (Lipinski definition) is 2. The molecule has 0 bridgehead atoms. The van der Waals surface area contributed by atoms with Gasteiger partial charge in [0.05, 0.1) is 6.54 Å². The third-order valence-electron chi connectivity index (χ3n) is 3.53. The van der Waals surface area contributed by atoms with Crippen molar-refractivity contribution in [2.75, 3.05) is 13.2 Å². The monoisotopic (exact) mass is 269 g/mol. The normalized spacial score (nSPS) is 23.8. The Balaban J connectivity index is 2.35. The van der Waals surface area contributed by atoms with Crippen LogP contribution in [-0.2, 0) is 9.59 Å². The summed E-state index contributed by atoms with van der Waals surface area (Å²) in [7, 11) is 0. The van der Waals surface area contributed by atoms with Gasteiger partial charge in [-0.25, -0.2) is 9.18 Å². The van der Waals surface area contributed by atoms with Gasteiger partial charge in [0, 0.05) is 23.6 Å². The predicted molar refractivity (Wildman–Crippen MR) is 64.4 cm³/mol. The van der Waals surface area contributed by atoms with Crippen molar-refractivity contribution < 1.29 is 18.8 Å². The molecule has 1 aliphatic heterocycles. The molecule has 0 radical (unpaired) electrons. The SMILES string of the molecule is NC(=O)C1=C2NC(=O)N(CCF)C(=O)CC2CCC1. The number of amides is 4. The Hall–Kier alpha value is -1.92. The first-order chi connectivity index (χ1) is 9.04. The molecule has 1 aliphatic carbocycles. The first-order valence-electron chi connectivity index (χ1n) is 6.24. The number of fused-ring (bicyclic) bond motifs is 1. The molecule has 1 saturated heterocycles. The zero-order chi connectivity index (χ0) is 14.0. The van der Waals surface area contributed by atoms with Crippen LogP contribution in [0.4, 0.5) is 9.18 Å². The lowest BCUT2D eigenvalue weighted by Gasteiger charge is -2.24. The van der Waals surface area contributed by atoms with Crippen LogP contribution in [0.5, 0.6) is 0 Å². The third kappa shape index (κ3) is 2.59. The summed E-state index contributed by atoms with van der Waals surface area (Å²) in [5.41, 5.74) is 6.11. The summed E-state index contributed by atoms with van der Waals surface area (Å²) in [6.07, 6.45) is 2.06. The van der Waals surface area contributed by atoms with Crippen molar-refractivity contribution in [3.63, 3.8) is 0 Å². The van der Waals surface area contributed by atoms with Crippen molar-refractivity contribution >= 4 is 17.8 Å². The number of rotatable bonds is 3. The number of halogens is 1. The second-order valence-corrected chi connectivity index (χ2v) is 4.71. The number of hydrogen-bond acceptors (Lipinski definition) is 3. The van der Waals surface area contributed by atoms with Crippen LogP contribution in [-0.4, -0.2) is 36.0 Å². The van der Waals surface area contributed by atoms with Gasteiger partial charge in [-0.1, -0.05) is 0 Å². The molecule has 6 nitrogen and oxygen atoms in total. The fraction of sp³-hybridized carbons (Fsp3) is 0.583. The highest BCUT2D eigenvalue weighted by Crippen LogP contribution is 2.32. The number of nitrogens with two attached hydrogens (primary N) is 1. The zero-order valence-electron chi connectivity index (χ0n) is 10.4. The van der Waals surface area contributed by atoms with E-state index >= 15 is 0 Å². The standard InChI is InChI=1S/C12H16FN3O3/c13-4-5-16-9(17)6-7-2-1-3-8(11(14)18)10(7)15-12(16)19/h7H,1-6H2,(H2,14,18)(H,15,19). The molecular formula is C12H16FN3O3. The van der Waals surface area contributed by atoms with E-state index in [0.717, 1.165) is 11.3 Å². The lowest BCUT2D eigenvalue weighted by Crippen LogP contribution is -2.42.